The molecular formula is C14H21AlCl2. The van der Waals surface area contributed by atoms with Crippen LogP contribution in [-0.2, 0) is 6.42 Å². The van der Waals surface area contributed by atoms with Crippen LogP contribution in [0, 0.1) is 0 Å². The summed E-state index contributed by atoms with van der Waals surface area (Å²) < 4.78 is 1.13. The molecule has 0 spiro atoms. The molecule has 0 unspecified atom stereocenters. The van der Waals surface area contributed by atoms with Gasteiger partial charge < -0.3 is 0 Å². The molecule has 94 valence electrons. The van der Waals surface area contributed by atoms with Crippen molar-refractivity contribution in [3.8, 4) is 0 Å². The van der Waals surface area contributed by atoms with Gasteiger partial charge in [0.1, 0.15) is 0 Å². The van der Waals surface area contributed by atoms with E-state index in [1.165, 1.54) is 50.5 Å². The summed E-state index contributed by atoms with van der Waals surface area (Å²) in [5, 5.41) is 0. The molecule has 0 bridgehead atoms. The van der Waals surface area contributed by atoms with Crippen molar-refractivity contribution in [1.29, 1.82) is 0 Å². The van der Waals surface area contributed by atoms with Crippen LogP contribution in [0.3, 0.4) is 0 Å². The molecule has 0 radical (unpaired) electrons. The normalized spacial score (nSPS) is 10.5. The Labute approximate surface area is 118 Å². The van der Waals surface area contributed by atoms with Gasteiger partial charge in [0.15, 0.2) is 0 Å². The summed E-state index contributed by atoms with van der Waals surface area (Å²) in [4.78, 5) is 0. The van der Waals surface area contributed by atoms with Crippen LogP contribution in [0.1, 0.15) is 51.0 Å². The molecule has 0 nitrogen and oxygen atoms in total. The standard InChI is InChI=1S/C14H21.Al.2ClH/c1-2-3-4-5-6-8-11-14-12-9-7-10-13-14;;;/h9-10,12-13H,2-6,8,11H2,1H3;;2*1H/q;+2;;/p-2. The van der Waals surface area contributed by atoms with Crippen LogP contribution in [0.2, 0.25) is 0 Å². The first-order valence-electron chi connectivity index (χ1n) is 6.61. The van der Waals surface area contributed by atoms with Gasteiger partial charge >= 0.3 is 12.3 Å². The summed E-state index contributed by atoms with van der Waals surface area (Å²) in [6, 6.07) is 8.52. The molecular weight excluding hydrogens is 266 g/mol. The van der Waals surface area contributed by atoms with E-state index in [4.69, 9.17) is 20.1 Å². The number of aryl methyl sites for hydroxylation is 1. The van der Waals surface area contributed by atoms with Gasteiger partial charge in [-0.2, -0.15) is 0 Å². The molecule has 0 aliphatic carbocycles. The Morgan fingerprint density at radius 3 is 2.06 bits per heavy atom. The SMILES string of the molecule is CCCCCCCCc1cc[c]([Al]([Cl])[Cl])cc1. The van der Waals surface area contributed by atoms with E-state index in [1.807, 2.05) is 0 Å². The maximum atomic E-state index is 5.94. The monoisotopic (exact) mass is 286 g/mol. The molecule has 3 heteroatoms. The zero-order valence-electron chi connectivity index (χ0n) is 10.6. The van der Waals surface area contributed by atoms with Crippen molar-refractivity contribution >= 4 is 36.8 Å². The van der Waals surface area contributed by atoms with Crippen molar-refractivity contribution < 1.29 is 0 Å². The van der Waals surface area contributed by atoms with Crippen molar-refractivity contribution in [3.05, 3.63) is 29.8 Å². The zero-order valence-corrected chi connectivity index (χ0v) is 13.3. The largest absolute Gasteiger partial charge is 0.555 e. The lowest BCUT2D eigenvalue weighted by Gasteiger charge is -2.03. The Hall–Kier alpha value is 0.332. The smallest absolute Gasteiger partial charge is 0.226 e. The first-order chi connectivity index (χ1) is 8.24. The third kappa shape index (κ3) is 6.73. The highest BCUT2D eigenvalue weighted by atomic mass is 35.7. The van der Waals surface area contributed by atoms with E-state index in [2.05, 4.69) is 31.2 Å². The highest BCUT2D eigenvalue weighted by Crippen LogP contribution is 2.09. The van der Waals surface area contributed by atoms with E-state index in [1.54, 1.807) is 0 Å². The Morgan fingerprint density at radius 1 is 0.882 bits per heavy atom. The van der Waals surface area contributed by atoms with E-state index < -0.39 is 12.3 Å². The van der Waals surface area contributed by atoms with E-state index in [0.717, 1.165) is 4.43 Å². The number of rotatable bonds is 8. The molecule has 0 aromatic heterocycles. The van der Waals surface area contributed by atoms with E-state index >= 15 is 0 Å². The quantitative estimate of drug-likeness (QED) is 0.477. The fourth-order valence-electron chi connectivity index (χ4n) is 1.94. The highest BCUT2D eigenvalue weighted by molar-refractivity contribution is 7.39. The second-order valence-electron chi connectivity index (χ2n) is 4.56. The molecule has 1 aromatic rings. The molecule has 0 atom stereocenters. The molecule has 1 aromatic carbocycles. The number of unbranched alkanes of at least 4 members (excludes halogenated alkanes) is 5. The van der Waals surface area contributed by atoms with Crippen LogP contribution in [0.5, 0.6) is 0 Å². The van der Waals surface area contributed by atoms with Gasteiger partial charge in [0.2, 0.25) is 0 Å². The van der Waals surface area contributed by atoms with Crippen molar-refractivity contribution in [1.82, 2.24) is 0 Å². The topological polar surface area (TPSA) is 0 Å². The summed E-state index contributed by atoms with van der Waals surface area (Å²) in [5.41, 5.74) is 1.41. The minimum Gasteiger partial charge on any atom is -0.226 e. The maximum Gasteiger partial charge on any atom is 0.555 e. The lowest BCUT2D eigenvalue weighted by atomic mass is 10.1. The molecule has 0 saturated carbocycles. The van der Waals surface area contributed by atoms with Gasteiger partial charge in [-0.25, -0.2) is 20.1 Å². The van der Waals surface area contributed by atoms with Crippen LogP contribution < -0.4 is 4.43 Å². The Kier molecular flexibility index (Phi) is 8.41. The second kappa shape index (κ2) is 9.29. The summed E-state index contributed by atoms with van der Waals surface area (Å²) in [6.45, 7) is 2.26. The predicted octanol–water partition coefficient (Wildman–Crippen LogP) is 4.76. The molecule has 0 fully saturated rings. The Morgan fingerprint density at radius 2 is 1.47 bits per heavy atom. The maximum absolute atomic E-state index is 5.94. The Bertz CT molecular complexity index is 296. The van der Waals surface area contributed by atoms with Gasteiger partial charge in [0.05, 0.1) is 0 Å². The summed E-state index contributed by atoms with van der Waals surface area (Å²) >= 11 is -1.65. The number of halogens is 2. The van der Waals surface area contributed by atoms with E-state index in [0.29, 0.717) is 0 Å². The molecule has 0 saturated heterocycles. The van der Waals surface area contributed by atoms with Crippen molar-refractivity contribution in [2.75, 3.05) is 0 Å². The number of benzene rings is 1. The number of hydrogen-bond acceptors (Lipinski definition) is 0. The first-order valence-corrected chi connectivity index (χ1v) is 10.7. The van der Waals surface area contributed by atoms with Crippen LogP contribution in [-0.4, -0.2) is 12.3 Å². The van der Waals surface area contributed by atoms with Crippen molar-refractivity contribution in [2.45, 2.75) is 51.9 Å². The van der Waals surface area contributed by atoms with Crippen LogP contribution >= 0.6 is 20.1 Å². The lowest BCUT2D eigenvalue weighted by molar-refractivity contribution is 0.607. The third-order valence-electron chi connectivity index (χ3n) is 3.05. The van der Waals surface area contributed by atoms with E-state index in [-0.39, 0.29) is 0 Å². The van der Waals surface area contributed by atoms with Gasteiger partial charge in [-0.1, -0.05) is 67.7 Å². The fraction of sp³-hybridized carbons (Fsp3) is 0.571. The molecule has 0 heterocycles. The average Bonchev–Trinajstić information content (AvgIpc) is 2.34. The molecule has 17 heavy (non-hydrogen) atoms. The minimum atomic E-state index is -1.65. The third-order valence-corrected chi connectivity index (χ3v) is 5.45. The van der Waals surface area contributed by atoms with Gasteiger partial charge in [-0.3, -0.25) is 0 Å². The predicted molar refractivity (Wildman–Crippen MR) is 80.6 cm³/mol. The van der Waals surface area contributed by atoms with Crippen LogP contribution in [0.25, 0.3) is 0 Å². The molecule has 0 amide bonds. The molecule has 0 N–H and O–H groups in total. The van der Waals surface area contributed by atoms with Gasteiger partial charge in [-0.15, -0.1) is 0 Å². The minimum absolute atomic E-state index is 1.13. The Balaban J connectivity index is 2.19. The van der Waals surface area contributed by atoms with Crippen LogP contribution in [0.15, 0.2) is 24.3 Å². The average molecular weight is 287 g/mol. The molecule has 1 rings (SSSR count). The van der Waals surface area contributed by atoms with E-state index in [9.17, 15) is 0 Å². The zero-order chi connectivity index (χ0) is 12.5. The van der Waals surface area contributed by atoms with Crippen molar-refractivity contribution in [2.24, 2.45) is 0 Å². The summed E-state index contributed by atoms with van der Waals surface area (Å²) in [5.74, 6) is 0. The highest BCUT2D eigenvalue weighted by Gasteiger charge is 2.13. The summed E-state index contributed by atoms with van der Waals surface area (Å²) in [6.07, 6.45) is 9.31. The second-order valence-corrected chi connectivity index (χ2v) is 9.12. The molecule has 0 aliphatic heterocycles. The van der Waals surface area contributed by atoms with Crippen LogP contribution in [0.4, 0.5) is 0 Å². The van der Waals surface area contributed by atoms with Gasteiger partial charge in [0, 0.05) is 0 Å². The summed E-state index contributed by atoms with van der Waals surface area (Å²) in [7, 11) is 11.9. The van der Waals surface area contributed by atoms with Gasteiger partial charge in [-0.05, 0) is 18.4 Å². The lowest BCUT2D eigenvalue weighted by Crippen LogP contribution is -2.17. The first kappa shape index (κ1) is 15.4. The number of hydrogen-bond donors (Lipinski definition) is 0. The van der Waals surface area contributed by atoms with Crippen molar-refractivity contribution in [3.63, 3.8) is 0 Å². The molecule has 0 aliphatic rings. The van der Waals surface area contributed by atoms with Gasteiger partial charge in [0.25, 0.3) is 0 Å². The fourth-order valence-corrected chi connectivity index (χ4v) is 3.30.